The van der Waals surface area contributed by atoms with E-state index in [4.69, 9.17) is 0 Å². The summed E-state index contributed by atoms with van der Waals surface area (Å²) in [6.45, 7) is 3.00. The van der Waals surface area contributed by atoms with Crippen molar-refractivity contribution in [1.82, 2.24) is 25.4 Å². The van der Waals surface area contributed by atoms with Crippen LogP contribution < -0.4 is 5.32 Å². The van der Waals surface area contributed by atoms with Crippen molar-refractivity contribution >= 4 is 5.91 Å². The fourth-order valence-corrected chi connectivity index (χ4v) is 2.64. The molecule has 1 atom stereocenters. The summed E-state index contributed by atoms with van der Waals surface area (Å²) in [5.74, 6) is 1.47. The van der Waals surface area contributed by atoms with Gasteiger partial charge < -0.3 is 10.2 Å². The van der Waals surface area contributed by atoms with Crippen molar-refractivity contribution in [3.05, 3.63) is 47.0 Å². The standard InChI is InChI=1S/C15H19N5O/c1-10-17-14(19-18-10)9-20(2)15(21)13-7-11-5-3-4-6-12(11)8-16-13/h3-6,13,16H,7-9H2,1-2H3,(H,17,18,19)/t13-/m1/s1. The topological polar surface area (TPSA) is 73.9 Å². The zero-order valence-electron chi connectivity index (χ0n) is 12.3. The average Bonchev–Trinajstić information content (AvgIpc) is 2.91. The highest BCUT2D eigenvalue weighted by atomic mass is 16.2. The number of amides is 1. The van der Waals surface area contributed by atoms with E-state index in [1.165, 1.54) is 11.1 Å². The van der Waals surface area contributed by atoms with Gasteiger partial charge in [0.25, 0.3) is 0 Å². The molecule has 2 aromatic rings. The van der Waals surface area contributed by atoms with Gasteiger partial charge in [0, 0.05) is 13.6 Å². The van der Waals surface area contributed by atoms with Gasteiger partial charge in [-0.25, -0.2) is 4.98 Å². The molecular formula is C15H19N5O. The summed E-state index contributed by atoms with van der Waals surface area (Å²) in [5, 5.41) is 10.2. The van der Waals surface area contributed by atoms with Crippen molar-refractivity contribution in [3.63, 3.8) is 0 Å². The molecule has 1 aromatic carbocycles. The van der Waals surface area contributed by atoms with Gasteiger partial charge in [-0.2, -0.15) is 5.10 Å². The molecule has 3 rings (SSSR count). The molecule has 0 spiro atoms. The Morgan fingerprint density at radius 3 is 2.86 bits per heavy atom. The summed E-state index contributed by atoms with van der Waals surface area (Å²) in [7, 11) is 1.79. The van der Waals surface area contributed by atoms with Crippen LogP contribution in [0.15, 0.2) is 24.3 Å². The molecule has 1 aliphatic heterocycles. The molecule has 0 radical (unpaired) electrons. The lowest BCUT2D eigenvalue weighted by Gasteiger charge is -2.28. The number of nitrogens with one attached hydrogen (secondary N) is 2. The average molecular weight is 285 g/mol. The molecule has 0 saturated carbocycles. The summed E-state index contributed by atoms with van der Waals surface area (Å²) in [5.41, 5.74) is 2.52. The van der Waals surface area contributed by atoms with Gasteiger partial charge in [-0.3, -0.25) is 9.89 Å². The third-order valence-corrected chi connectivity index (χ3v) is 3.78. The Morgan fingerprint density at radius 2 is 2.14 bits per heavy atom. The maximum Gasteiger partial charge on any atom is 0.240 e. The first-order valence-corrected chi connectivity index (χ1v) is 7.06. The first kappa shape index (κ1) is 13.8. The lowest BCUT2D eigenvalue weighted by atomic mass is 9.95. The van der Waals surface area contributed by atoms with Gasteiger partial charge in [0.05, 0.1) is 12.6 Å². The summed E-state index contributed by atoms with van der Waals surface area (Å²) in [4.78, 5) is 18.4. The van der Waals surface area contributed by atoms with E-state index in [1.807, 2.05) is 19.1 Å². The Morgan fingerprint density at radius 1 is 1.38 bits per heavy atom. The van der Waals surface area contributed by atoms with Crippen molar-refractivity contribution in [1.29, 1.82) is 0 Å². The van der Waals surface area contributed by atoms with Gasteiger partial charge in [-0.15, -0.1) is 0 Å². The largest absolute Gasteiger partial charge is 0.337 e. The minimum absolute atomic E-state index is 0.0759. The molecule has 0 fully saturated rings. The normalized spacial score (nSPS) is 17.3. The van der Waals surface area contributed by atoms with Crippen molar-refractivity contribution in [2.75, 3.05) is 7.05 Å². The Bertz CT molecular complexity index is 651. The van der Waals surface area contributed by atoms with Crippen LogP contribution in [-0.4, -0.2) is 39.1 Å². The lowest BCUT2D eigenvalue weighted by molar-refractivity contribution is -0.133. The molecule has 1 amide bonds. The SMILES string of the molecule is Cc1nc(CN(C)C(=O)[C@H]2Cc3ccccc3CN2)n[nH]1. The number of carbonyl (C=O) groups excluding carboxylic acids is 1. The van der Waals surface area contributed by atoms with Crippen LogP contribution in [0.2, 0.25) is 0 Å². The van der Waals surface area contributed by atoms with Crippen LogP contribution in [0.5, 0.6) is 0 Å². The van der Waals surface area contributed by atoms with Crippen LogP contribution in [0.3, 0.4) is 0 Å². The van der Waals surface area contributed by atoms with E-state index in [0.29, 0.717) is 12.4 Å². The van der Waals surface area contributed by atoms with Crippen LogP contribution in [0.4, 0.5) is 0 Å². The number of carbonyl (C=O) groups is 1. The predicted molar refractivity (Wildman–Crippen MR) is 78.4 cm³/mol. The first-order valence-electron chi connectivity index (χ1n) is 7.06. The Labute approximate surface area is 123 Å². The minimum Gasteiger partial charge on any atom is -0.337 e. The van der Waals surface area contributed by atoms with E-state index in [1.54, 1.807) is 11.9 Å². The van der Waals surface area contributed by atoms with Gasteiger partial charge in [0.1, 0.15) is 5.82 Å². The molecule has 21 heavy (non-hydrogen) atoms. The Balaban J connectivity index is 1.66. The number of fused-ring (bicyclic) bond motifs is 1. The van der Waals surface area contributed by atoms with Gasteiger partial charge in [0.2, 0.25) is 5.91 Å². The lowest BCUT2D eigenvalue weighted by Crippen LogP contribution is -2.48. The third-order valence-electron chi connectivity index (χ3n) is 3.78. The maximum absolute atomic E-state index is 12.5. The number of benzene rings is 1. The monoisotopic (exact) mass is 285 g/mol. The van der Waals surface area contributed by atoms with Crippen molar-refractivity contribution < 1.29 is 4.79 Å². The molecule has 1 aliphatic rings. The second-order valence-electron chi connectivity index (χ2n) is 5.44. The van der Waals surface area contributed by atoms with Crippen molar-refractivity contribution in [2.24, 2.45) is 0 Å². The molecule has 2 heterocycles. The second kappa shape index (κ2) is 5.65. The molecule has 0 unspecified atom stereocenters. The smallest absolute Gasteiger partial charge is 0.240 e. The molecule has 2 N–H and O–H groups in total. The van der Waals surface area contributed by atoms with Crippen LogP contribution in [0.1, 0.15) is 22.8 Å². The Hall–Kier alpha value is -2.21. The molecule has 6 heteroatoms. The maximum atomic E-state index is 12.5. The number of hydrogen-bond donors (Lipinski definition) is 2. The molecular weight excluding hydrogens is 266 g/mol. The van der Waals surface area contributed by atoms with E-state index in [0.717, 1.165) is 18.8 Å². The fraction of sp³-hybridized carbons (Fsp3) is 0.400. The van der Waals surface area contributed by atoms with E-state index in [9.17, 15) is 4.79 Å². The molecule has 110 valence electrons. The van der Waals surface area contributed by atoms with Crippen LogP contribution in [0, 0.1) is 6.92 Å². The summed E-state index contributed by atoms with van der Waals surface area (Å²) in [6.07, 6.45) is 0.729. The Kier molecular flexibility index (Phi) is 3.70. The number of aromatic amines is 1. The predicted octanol–water partition coefficient (Wildman–Crippen LogP) is 0.786. The highest BCUT2D eigenvalue weighted by Gasteiger charge is 2.26. The molecule has 6 nitrogen and oxygen atoms in total. The van der Waals surface area contributed by atoms with Gasteiger partial charge >= 0.3 is 0 Å². The van der Waals surface area contributed by atoms with E-state index < -0.39 is 0 Å². The van der Waals surface area contributed by atoms with Crippen molar-refractivity contribution in [2.45, 2.75) is 32.5 Å². The number of aromatic nitrogens is 3. The highest BCUT2D eigenvalue weighted by molar-refractivity contribution is 5.82. The molecule has 0 bridgehead atoms. The number of nitrogens with zero attached hydrogens (tertiary/aromatic N) is 3. The molecule has 0 saturated heterocycles. The second-order valence-corrected chi connectivity index (χ2v) is 5.44. The number of H-pyrrole nitrogens is 1. The number of rotatable bonds is 3. The molecule has 1 aromatic heterocycles. The fourth-order valence-electron chi connectivity index (χ4n) is 2.64. The van der Waals surface area contributed by atoms with E-state index in [2.05, 4.69) is 32.6 Å². The summed E-state index contributed by atoms with van der Waals surface area (Å²) >= 11 is 0. The number of likely N-dealkylation sites (N-methyl/N-ethyl adjacent to an activating group) is 1. The van der Waals surface area contributed by atoms with Gasteiger partial charge in [-0.05, 0) is 24.5 Å². The van der Waals surface area contributed by atoms with Crippen LogP contribution in [-0.2, 0) is 24.3 Å². The summed E-state index contributed by atoms with van der Waals surface area (Å²) < 4.78 is 0. The van der Waals surface area contributed by atoms with E-state index >= 15 is 0 Å². The van der Waals surface area contributed by atoms with Gasteiger partial charge in [0.15, 0.2) is 5.82 Å². The zero-order valence-corrected chi connectivity index (χ0v) is 12.3. The quantitative estimate of drug-likeness (QED) is 0.874. The third kappa shape index (κ3) is 2.95. The van der Waals surface area contributed by atoms with Crippen LogP contribution >= 0.6 is 0 Å². The summed E-state index contributed by atoms with van der Waals surface area (Å²) in [6, 6.07) is 8.06. The van der Waals surface area contributed by atoms with Gasteiger partial charge in [-0.1, -0.05) is 24.3 Å². The highest BCUT2D eigenvalue weighted by Crippen LogP contribution is 2.17. The number of aryl methyl sites for hydroxylation is 1. The molecule has 0 aliphatic carbocycles. The first-order chi connectivity index (χ1) is 10.1. The minimum atomic E-state index is -0.176. The number of hydrogen-bond acceptors (Lipinski definition) is 4. The van der Waals surface area contributed by atoms with Crippen LogP contribution in [0.25, 0.3) is 0 Å². The van der Waals surface area contributed by atoms with E-state index in [-0.39, 0.29) is 11.9 Å². The van der Waals surface area contributed by atoms with Crippen molar-refractivity contribution in [3.8, 4) is 0 Å². The zero-order chi connectivity index (χ0) is 14.8.